The molecule has 0 amide bonds. The SMILES string of the molecule is O=S(=O)(Cc1ccccc1)CC(O)c1ccccc1Cl. The lowest BCUT2D eigenvalue weighted by atomic mass is 10.1. The molecule has 106 valence electrons. The maximum atomic E-state index is 12.1. The molecule has 20 heavy (non-hydrogen) atoms. The number of sulfone groups is 1. The van der Waals surface area contributed by atoms with Crippen LogP contribution < -0.4 is 0 Å². The van der Waals surface area contributed by atoms with Gasteiger partial charge in [0.1, 0.15) is 0 Å². The molecule has 0 aliphatic rings. The minimum absolute atomic E-state index is 0.0879. The van der Waals surface area contributed by atoms with Crippen molar-refractivity contribution < 1.29 is 13.5 Å². The first-order valence-electron chi connectivity index (χ1n) is 6.15. The predicted molar refractivity (Wildman–Crippen MR) is 80.3 cm³/mol. The molecule has 2 aromatic carbocycles. The van der Waals surface area contributed by atoms with Crippen molar-refractivity contribution in [2.24, 2.45) is 0 Å². The molecule has 0 bridgehead atoms. The van der Waals surface area contributed by atoms with Crippen molar-refractivity contribution >= 4 is 21.4 Å². The highest BCUT2D eigenvalue weighted by Crippen LogP contribution is 2.24. The molecule has 0 aromatic heterocycles. The van der Waals surface area contributed by atoms with E-state index in [0.29, 0.717) is 16.1 Å². The van der Waals surface area contributed by atoms with Gasteiger partial charge in [0.2, 0.25) is 0 Å². The molecule has 2 rings (SSSR count). The van der Waals surface area contributed by atoms with Crippen LogP contribution in [0.5, 0.6) is 0 Å². The van der Waals surface area contributed by atoms with Crippen LogP contribution in [0.25, 0.3) is 0 Å². The van der Waals surface area contributed by atoms with Gasteiger partial charge < -0.3 is 5.11 Å². The summed E-state index contributed by atoms with van der Waals surface area (Å²) in [6.45, 7) is 0. The highest BCUT2D eigenvalue weighted by molar-refractivity contribution is 7.90. The van der Waals surface area contributed by atoms with Gasteiger partial charge in [-0.05, 0) is 11.6 Å². The van der Waals surface area contributed by atoms with E-state index in [4.69, 9.17) is 11.6 Å². The lowest BCUT2D eigenvalue weighted by Crippen LogP contribution is -2.16. The van der Waals surface area contributed by atoms with Crippen molar-refractivity contribution in [1.82, 2.24) is 0 Å². The first-order chi connectivity index (χ1) is 9.48. The smallest absolute Gasteiger partial charge is 0.157 e. The summed E-state index contributed by atoms with van der Waals surface area (Å²) in [6, 6.07) is 15.6. The molecule has 0 fully saturated rings. The molecule has 0 spiro atoms. The third kappa shape index (κ3) is 4.07. The summed E-state index contributed by atoms with van der Waals surface area (Å²) in [5.74, 6) is -0.430. The van der Waals surface area contributed by atoms with Crippen LogP contribution in [-0.2, 0) is 15.6 Å². The second kappa shape index (κ2) is 6.39. The Morgan fingerprint density at radius 3 is 2.25 bits per heavy atom. The normalized spacial score (nSPS) is 13.1. The average molecular weight is 311 g/mol. The molecule has 0 saturated carbocycles. The number of benzene rings is 2. The molecule has 0 aliphatic heterocycles. The van der Waals surface area contributed by atoms with Crippen LogP contribution in [0.2, 0.25) is 5.02 Å². The van der Waals surface area contributed by atoms with Crippen molar-refractivity contribution in [3.05, 3.63) is 70.7 Å². The number of halogens is 1. The minimum Gasteiger partial charge on any atom is -0.387 e. The fourth-order valence-electron chi connectivity index (χ4n) is 1.96. The van der Waals surface area contributed by atoms with Gasteiger partial charge >= 0.3 is 0 Å². The van der Waals surface area contributed by atoms with E-state index < -0.39 is 15.9 Å². The zero-order valence-electron chi connectivity index (χ0n) is 10.7. The van der Waals surface area contributed by atoms with Crippen LogP contribution in [0.3, 0.4) is 0 Å². The van der Waals surface area contributed by atoms with Gasteiger partial charge in [-0.25, -0.2) is 8.42 Å². The zero-order chi connectivity index (χ0) is 14.6. The molecule has 0 saturated heterocycles. The van der Waals surface area contributed by atoms with Crippen molar-refractivity contribution in [3.63, 3.8) is 0 Å². The van der Waals surface area contributed by atoms with Crippen molar-refractivity contribution in [3.8, 4) is 0 Å². The zero-order valence-corrected chi connectivity index (χ0v) is 12.3. The van der Waals surface area contributed by atoms with E-state index >= 15 is 0 Å². The highest BCUT2D eigenvalue weighted by Gasteiger charge is 2.20. The van der Waals surface area contributed by atoms with E-state index in [9.17, 15) is 13.5 Å². The number of rotatable bonds is 5. The van der Waals surface area contributed by atoms with Crippen LogP contribution in [-0.4, -0.2) is 19.3 Å². The number of aliphatic hydroxyl groups is 1. The predicted octanol–water partition coefficient (Wildman–Crippen LogP) is 2.99. The Morgan fingerprint density at radius 2 is 1.60 bits per heavy atom. The molecule has 2 aromatic rings. The summed E-state index contributed by atoms with van der Waals surface area (Å²) in [7, 11) is -3.41. The number of hydrogen-bond donors (Lipinski definition) is 1. The first kappa shape index (κ1) is 15.0. The van der Waals surface area contributed by atoms with Crippen molar-refractivity contribution in [1.29, 1.82) is 0 Å². The number of hydrogen-bond acceptors (Lipinski definition) is 3. The third-order valence-corrected chi connectivity index (χ3v) is 4.85. The van der Waals surface area contributed by atoms with E-state index in [1.165, 1.54) is 0 Å². The van der Waals surface area contributed by atoms with Gasteiger partial charge in [0.15, 0.2) is 9.84 Å². The molecule has 1 unspecified atom stereocenters. The number of aliphatic hydroxyl groups excluding tert-OH is 1. The van der Waals surface area contributed by atoms with Crippen LogP contribution in [0.15, 0.2) is 54.6 Å². The van der Waals surface area contributed by atoms with Gasteiger partial charge in [0, 0.05) is 10.6 Å². The lowest BCUT2D eigenvalue weighted by Gasteiger charge is -2.13. The van der Waals surface area contributed by atoms with Crippen LogP contribution in [0.4, 0.5) is 0 Å². The Kier molecular flexibility index (Phi) is 4.81. The summed E-state index contributed by atoms with van der Waals surface area (Å²) in [5.41, 5.74) is 1.14. The summed E-state index contributed by atoms with van der Waals surface area (Å²) in [5, 5.41) is 10.4. The summed E-state index contributed by atoms with van der Waals surface area (Å²) in [6.07, 6.45) is -1.11. The fourth-order valence-corrected chi connectivity index (χ4v) is 3.70. The standard InChI is InChI=1S/C15H15ClO3S/c16-14-9-5-4-8-13(14)15(17)11-20(18,19)10-12-6-2-1-3-7-12/h1-9,15,17H,10-11H2. The third-order valence-electron chi connectivity index (χ3n) is 2.91. The quantitative estimate of drug-likeness (QED) is 0.923. The van der Waals surface area contributed by atoms with Crippen LogP contribution >= 0.6 is 11.6 Å². The summed E-state index contributed by atoms with van der Waals surface area (Å²) in [4.78, 5) is 0. The van der Waals surface area contributed by atoms with Gasteiger partial charge in [-0.15, -0.1) is 0 Å². The van der Waals surface area contributed by atoms with E-state index in [1.54, 1.807) is 48.5 Å². The topological polar surface area (TPSA) is 54.4 Å². The minimum atomic E-state index is -3.41. The Hall–Kier alpha value is -1.36. The molecular formula is C15H15ClO3S. The second-order valence-electron chi connectivity index (χ2n) is 4.58. The van der Waals surface area contributed by atoms with E-state index in [1.807, 2.05) is 6.07 Å². The second-order valence-corrected chi connectivity index (χ2v) is 7.09. The molecule has 5 heteroatoms. The van der Waals surface area contributed by atoms with Gasteiger partial charge in [-0.3, -0.25) is 0 Å². The Bertz CT molecular complexity index is 669. The van der Waals surface area contributed by atoms with Crippen molar-refractivity contribution in [2.75, 3.05) is 5.75 Å². The van der Waals surface area contributed by atoms with Gasteiger partial charge in [-0.2, -0.15) is 0 Å². The maximum absolute atomic E-state index is 12.1. The van der Waals surface area contributed by atoms with Gasteiger partial charge in [0.25, 0.3) is 0 Å². The first-order valence-corrected chi connectivity index (χ1v) is 8.35. The summed E-state index contributed by atoms with van der Waals surface area (Å²) >= 11 is 5.95. The molecule has 1 N–H and O–H groups in total. The molecule has 0 heterocycles. The molecule has 3 nitrogen and oxygen atoms in total. The largest absolute Gasteiger partial charge is 0.387 e. The van der Waals surface area contributed by atoms with Crippen LogP contribution in [0.1, 0.15) is 17.2 Å². The molecular weight excluding hydrogens is 296 g/mol. The molecule has 0 aliphatic carbocycles. The van der Waals surface area contributed by atoms with E-state index in [-0.39, 0.29) is 11.5 Å². The van der Waals surface area contributed by atoms with Gasteiger partial charge in [-0.1, -0.05) is 60.1 Å². The summed E-state index contributed by atoms with van der Waals surface area (Å²) < 4.78 is 24.2. The molecule has 0 radical (unpaired) electrons. The van der Waals surface area contributed by atoms with Crippen molar-refractivity contribution in [2.45, 2.75) is 11.9 Å². The molecule has 1 atom stereocenters. The van der Waals surface area contributed by atoms with Gasteiger partial charge in [0.05, 0.1) is 17.6 Å². The fraction of sp³-hybridized carbons (Fsp3) is 0.200. The van der Waals surface area contributed by atoms with Crippen LogP contribution in [0, 0.1) is 0 Å². The highest BCUT2D eigenvalue weighted by atomic mass is 35.5. The van der Waals surface area contributed by atoms with E-state index in [0.717, 1.165) is 0 Å². The Balaban J connectivity index is 2.11. The Labute approximate surface area is 123 Å². The average Bonchev–Trinajstić information content (AvgIpc) is 2.39. The maximum Gasteiger partial charge on any atom is 0.157 e. The monoisotopic (exact) mass is 310 g/mol. The lowest BCUT2D eigenvalue weighted by molar-refractivity contribution is 0.201. The Morgan fingerprint density at radius 1 is 1.00 bits per heavy atom. The van der Waals surface area contributed by atoms with E-state index in [2.05, 4.69) is 0 Å².